The summed E-state index contributed by atoms with van der Waals surface area (Å²) in [5.74, 6) is -0.803. The quantitative estimate of drug-likeness (QED) is 0.744. The number of nitrogens with one attached hydrogen (secondary N) is 1. The number of hydrogen-bond donors (Lipinski definition) is 2. The third-order valence-corrected chi connectivity index (χ3v) is 2.61. The Bertz CT molecular complexity index is 460. The number of nitrogens with zero attached hydrogens (tertiary/aromatic N) is 1. The number of rotatable bonds is 3. The van der Waals surface area contributed by atoms with Crippen molar-refractivity contribution in [2.24, 2.45) is 5.73 Å². The van der Waals surface area contributed by atoms with Gasteiger partial charge in [0.1, 0.15) is 5.82 Å². The average Bonchev–Trinajstić information content (AvgIpc) is 2.63. The Balaban J connectivity index is 2.23. The fourth-order valence-corrected chi connectivity index (χ4v) is 1.66. The topological polar surface area (TPSA) is 75.4 Å². The van der Waals surface area contributed by atoms with Crippen molar-refractivity contribution in [2.45, 2.75) is 13.1 Å². The molecule has 17 heavy (non-hydrogen) atoms. The minimum absolute atomic E-state index is 0.0307. The lowest BCUT2D eigenvalue weighted by Gasteiger charge is -2.13. The Hall–Kier alpha value is -1.95. The van der Waals surface area contributed by atoms with Gasteiger partial charge in [-0.15, -0.1) is 0 Å². The van der Waals surface area contributed by atoms with Crippen LogP contribution >= 0.6 is 0 Å². The Morgan fingerprint density at radius 2 is 2.18 bits per heavy atom. The van der Waals surface area contributed by atoms with Gasteiger partial charge in [0.2, 0.25) is 5.91 Å². The first-order valence-corrected chi connectivity index (χ1v) is 5.17. The van der Waals surface area contributed by atoms with Gasteiger partial charge in [-0.2, -0.15) is 0 Å². The third kappa shape index (κ3) is 2.26. The number of hydrogen-bond acceptors (Lipinski definition) is 3. The second-order valence-corrected chi connectivity index (χ2v) is 3.77. The normalized spacial score (nSPS) is 15.3. The minimum Gasteiger partial charge on any atom is -0.329 e. The number of urea groups is 1. The van der Waals surface area contributed by atoms with E-state index < -0.39 is 11.8 Å². The molecule has 2 rings (SSSR count). The van der Waals surface area contributed by atoms with E-state index in [1.165, 1.54) is 6.07 Å². The van der Waals surface area contributed by atoms with Gasteiger partial charge >= 0.3 is 6.03 Å². The lowest BCUT2D eigenvalue weighted by atomic mass is 10.1. The van der Waals surface area contributed by atoms with Crippen LogP contribution in [0.25, 0.3) is 0 Å². The lowest BCUT2D eigenvalue weighted by Crippen LogP contribution is -2.30. The summed E-state index contributed by atoms with van der Waals surface area (Å²) in [6.07, 6.45) is 0. The van der Waals surface area contributed by atoms with E-state index in [4.69, 9.17) is 5.73 Å². The van der Waals surface area contributed by atoms with Crippen molar-refractivity contribution in [3.8, 4) is 0 Å². The van der Waals surface area contributed by atoms with Gasteiger partial charge in [-0.3, -0.25) is 9.69 Å². The molecular formula is C11H12FN3O2. The molecule has 5 nitrogen and oxygen atoms in total. The predicted molar refractivity (Wildman–Crippen MR) is 58.2 cm³/mol. The van der Waals surface area contributed by atoms with Crippen molar-refractivity contribution >= 4 is 11.9 Å². The van der Waals surface area contributed by atoms with Crippen LogP contribution in [-0.4, -0.2) is 23.4 Å². The van der Waals surface area contributed by atoms with Gasteiger partial charge in [0, 0.05) is 12.1 Å². The molecule has 0 atom stereocenters. The first-order valence-electron chi connectivity index (χ1n) is 5.17. The van der Waals surface area contributed by atoms with Gasteiger partial charge in [-0.05, 0) is 17.7 Å². The van der Waals surface area contributed by atoms with Crippen LogP contribution in [0, 0.1) is 5.82 Å². The van der Waals surface area contributed by atoms with Gasteiger partial charge in [0.25, 0.3) is 0 Å². The molecule has 1 aliphatic heterocycles. The Labute approximate surface area is 97.4 Å². The summed E-state index contributed by atoms with van der Waals surface area (Å²) in [6.45, 7) is 0.189. The molecule has 0 saturated carbocycles. The van der Waals surface area contributed by atoms with Crippen molar-refractivity contribution in [1.82, 2.24) is 10.2 Å². The second kappa shape index (κ2) is 4.50. The van der Waals surface area contributed by atoms with Crippen LogP contribution in [0.1, 0.15) is 11.1 Å². The molecule has 1 fully saturated rings. The highest BCUT2D eigenvalue weighted by atomic mass is 19.1. The van der Waals surface area contributed by atoms with Gasteiger partial charge < -0.3 is 11.1 Å². The molecule has 1 aromatic carbocycles. The number of amides is 3. The fraction of sp³-hybridized carbons (Fsp3) is 0.273. The number of carbonyl (C=O) groups excluding carboxylic acids is 2. The van der Waals surface area contributed by atoms with Gasteiger partial charge in [-0.25, -0.2) is 9.18 Å². The first kappa shape index (κ1) is 11.5. The third-order valence-electron chi connectivity index (χ3n) is 2.61. The molecule has 0 unspecified atom stereocenters. The zero-order chi connectivity index (χ0) is 12.4. The van der Waals surface area contributed by atoms with E-state index >= 15 is 0 Å². The van der Waals surface area contributed by atoms with E-state index in [0.717, 1.165) is 10.5 Å². The van der Waals surface area contributed by atoms with Crippen LogP contribution in [0.15, 0.2) is 18.2 Å². The highest BCUT2D eigenvalue weighted by Crippen LogP contribution is 2.14. The summed E-state index contributed by atoms with van der Waals surface area (Å²) in [7, 11) is 0. The summed E-state index contributed by atoms with van der Waals surface area (Å²) in [5.41, 5.74) is 6.50. The lowest BCUT2D eigenvalue weighted by molar-refractivity contribution is -0.125. The summed E-state index contributed by atoms with van der Waals surface area (Å²) < 4.78 is 13.5. The number of imide groups is 1. The molecule has 3 amide bonds. The van der Waals surface area contributed by atoms with E-state index in [0.29, 0.717) is 5.56 Å². The van der Waals surface area contributed by atoms with Crippen molar-refractivity contribution in [3.63, 3.8) is 0 Å². The summed E-state index contributed by atoms with van der Waals surface area (Å²) >= 11 is 0. The highest BCUT2D eigenvalue weighted by molar-refractivity contribution is 6.01. The molecule has 0 bridgehead atoms. The largest absolute Gasteiger partial charge is 0.329 e. The molecule has 0 aromatic heterocycles. The molecule has 3 N–H and O–H groups in total. The van der Waals surface area contributed by atoms with Crippen molar-refractivity contribution in [2.75, 3.05) is 6.54 Å². The van der Waals surface area contributed by atoms with Crippen LogP contribution in [0.4, 0.5) is 9.18 Å². The van der Waals surface area contributed by atoms with Crippen LogP contribution in [0.2, 0.25) is 0 Å². The van der Waals surface area contributed by atoms with Crippen LogP contribution < -0.4 is 11.1 Å². The van der Waals surface area contributed by atoms with E-state index in [-0.39, 0.29) is 25.5 Å². The molecule has 0 spiro atoms. The van der Waals surface area contributed by atoms with Gasteiger partial charge in [-0.1, -0.05) is 6.07 Å². The number of carbonyl (C=O) groups is 2. The smallest absolute Gasteiger partial charge is 0.324 e. The molecule has 90 valence electrons. The zero-order valence-electron chi connectivity index (χ0n) is 9.07. The maximum Gasteiger partial charge on any atom is 0.324 e. The Morgan fingerprint density at radius 3 is 2.76 bits per heavy atom. The molecule has 1 aromatic rings. The van der Waals surface area contributed by atoms with Crippen molar-refractivity contribution in [3.05, 3.63) is 35.1 Å². The number of halogens is 1. The van der Waals surface area contributed by atoms with Gasteiger partial charge in [0.15, 0.2) is 0 Å². The molecule has 6 heteroatoms. The summed E-state index contributed by atoms with van der Waals surface area (Å²) in [6, 6.07) is 3.93. The molecular weight excluding hydrogens is 225 g/mol. The van der Waals surface area contributed by atoms with E-state index in [1.54, 1.807) is 12.1 Å². The second-order valence-electron chi connectivity index (χ2n) is 3.77. The Morgan fingerprint density at radius 1 is 1.41 bits per heavy atom. The zero-order valence-corrected chi connectivity index (χ0v) is 9.07. The molecule has 0 aliphatic carbocycles. The van der Waals surface area contributed by atoms with Crippen molar-refractivity contribution in [1.29, 1.82) is 0 Å². The predicted octanol–water partition coefficient (Wildman–Crippen LogP) is 0.336. The molecule has 1 heterocycles. The molecule has 1 saturated heterocycles. The highest BCUT2D eigenvalue weighted by Gasteiger charge is 2.28. The van der Waals surface area contributed by atoms with E-state index in [9.17, 15) is 14.0 Å². The maximum absolute atomic E-state index is 13.5. The monoisotopic (exact) mass is 237 g/mol. The van der Waals surface area contributed by atoms with Crippen molar-refractivity contribution < 1.29 is 14.0 Å². The average molecular weight is 237 g/mol. The maximum atomic E-state index is 13.5. The number of nitrogens with two attached hydrogens (primary N) is 1. The fourth-order valence-electron chi connectivity index (χ4n) is 1.66. The van der Waals surface area contributed by atoms with E-state index in [2.05, 4.69) is 5.32 Å². The number of benzene rings is 1. The van der Waals surface area contributed by atoms with E-state index in [1.807, 2.05) is 0 Å². The summed E-state index contributed by atoms with van der Waals surface area (Å²) in [4.78, 5) is 23.6. The SMILES string of the molecule is NCc1ccc(F)c(CN2C(=O)CNC2=O)c1. The minimum atomic E-state index is -0.493. The standard InChI is InChI=1S/C11H12FN3O2/c12-9-2-1-7(4-13)3-8(9)6-15-10(16)5-14-11(15)17/h1-3H,4-6,13H2,(H,14,17). The van der Waals surface area contributed by atoms with Crippen LogP contribution in [-0.2, 0) is 17.9 Å². The van der Waals surface area contributed by atoms with Crippen LogP contribution in [0.3, 0.4) is 0 Å². The molecule has 1 aliphatic rings. The summed E-state index contributed by atoms with van der Waals surface area (Å²) in [5, 5.41) is 2.38. The van der Waals surface area contributed by atoms with Crippen LogP contribution in [0.5, 0.6) is 0 Å². The Kier molecular flexibility index (Phi) is 3.06. The van der Waals surface area contributed by atoms with Gasteiger partial charge in [0.05, 0.1) is 13.1 Å². The first-order chi connectivity index (χ1) is 8.11. The molecule has 0 radical (unpaired) electrons.